The lowest BCUT2D eigenvalue weighted by molar-refractivity contribution is 0.398. The molecule has 0 aliphatic carbocycles. The average molecular weight is 337 g/mol. The fourth-order valence-electron chi connectivity index (χ4n) is 2.56. The van der Waals surface area contributed by atoms with Crippen LogP contribution in [0, 0.1) is 0 Å². The molecule has 0 saturated carbocycles. The van der Waals surface area contributed by atoms with Crippen molar-refractivity contribution >= 4 is 11.6 Å². The zero-order valence-corrected chi connectivity index (χ0v) is 14.3. The summed E-state index contributed by atoms with van der Waals surface area (Å²) in [6, 6.07) is 13.2. The summed E-state index contributed by atoms with van der Waals surface area (Å²) >= 11 is 0. The van der Waals surface area contributed by atoms with Gasteiger partial charge in [0.2, 0.25) is 5.95 Å². The first-order valence-electron chi connectivity index (χ1n) is 7.70. The minimum atomic E-state index is 0.492. The number of nitrogens with one attached hydrogen (secondary N) is 1. The summed E-state index contributed by atoms with van der Waals surface area (Å²) in [5, 5.41) is 3.18. The molecule has 25 heavy (non-hydrogen) atoms. The van der Waals surface area contributed by atoms with E-state index in [0.717, 1.165) is 22.6 Å². The van der Waals surface area contributed by atoms with Crippen molar-refractivity contribution in [3.05, 3.63) is 54.9 Å². The number of ether oxygens (including phenoxy) is 3. The van der Waals surface area contributed by atoms with Crippen LogP contribution in [0.2, 0.25) is 0 Å². The smallest absolute Gasteiger partial charge is 0.227 e. The summed E-state index contributed by atoms with van der Waals surface area (Å²) in [5.41, 5.74) is 2.54. The van der Waals surface area contributed by atoms with Gasteiger partial charge in [-0.1, -0.05) is 12.1 Å². The molecule has 0 radical (unpaired) electrons. The summed E-state index contributed by atoms with van der Waals surface area (Å²) in [4.78, 5) is 8.38. The van der Waals surface area contributed by atoms with Gasteiger partial charge in [-0.25, -0.2) is 9.97 Å². The molecule has 0 atom stereocenters. The van der Waals surface area contributed by atoms with E-state index in [2.05, 4.69) is 15.3 Å². The van der Waals surface area contributed by atoms with Gasteiger partial charge in [-0.05, 0) is 35.9 Å². The zero-order valence-electron chi connectivity index (χ0n) is 14.3. The molecule has 0 amide bonds. The first-order chi connectivity index (χ1) is 12.3. The Kier molecular flexibility index (Phi) is 4.99. The minimum absolute atomic E-state index is 0.492. The molecule has 2 aromatic carbocycles. The van der Waals surface area contributed by atoms with E-state index in [1.807, 2.05) is 36.4 Å². The Bertz CT molecular complexity index is 837. The van der Waals surface area contributed by atoms with Crippen LogP contribution >= 0.6 is 0 Å². The third-order valence-electron chi connectivity index (χ3n) is 3.73. The van der Waals surface area contributed by atoms with Crippen molar-refractivity contribution < 1.29 is 14.2 Å². The maximum Gasteiger partial charge on any atom is 0.227 e. The molecule has 0 fully saturated rings. The quantitative estimate of drug-likeness (QED) is 0.735. The topological polar surface area (TPSA) is 65.5 Å². The van der Waals surface area contributed by atoms with Crippen LogP contribution in [0.4, 0.5) is 11.6 Å². The zero-order chi connectivity index (χ0) is 17.6. The van der Waals surface area contributed by atoms with Crippen molar-refractivity contribution in [1.82, 2.24) is 9.97 Å². The van der Waals surface area contributed by atoms with E-state index >= 15 is 0 Å². The largest absolute Gasteiger partial charge is 0.497 e. The number of nitrogens with zero attached hydrogens (tertiary/aromatic N) is 2. The molecule has 0 unspecified atom stereocenters. The first kappa shape index (κ1) is 16.6. The van der Waals surface area contributed by atoms with Gasteiger partial charge < -0.3 is 19.5 Å². The lowest BCUT2D eigenvalue weighted by Crippen LogP contribution is -2.01. The van der Waals surface area contributed by atoms with Crippen LogP contribution in [-0.4, -0.2) is 31.3 Å². The normalized spacial score (nSPS) is 10.2. The Balaban J connectivity index is 2.09. The van der Waals surface area contributed by atoms with Crippen LogP contribution in [0.5, 0.6) is 17.2 Å². The average Bonchev–Trinajstić information content (AvgIpc) is 2.68. The number of hydrogen-bond acceptors (Lipinski definition) is 6. The number of rotatable bonds is 6. The molecular formula is C19H19N3O3. The predicted octanol–water partition coefficient (Wildman–Crippen LogP) is 3.91. The predicted molar refractivity (Wildman–Crippen MR) is 96.8 cm³/mol. The van der Waals surface area contributed by atoms with Crippen molar-refractivity contribution in [2.45, 2.75) is 0 Å². The highest BCUT2D eigenvalue weighted by Crippen LogP contribution is 2.44. The van der Waals surface area contributed by atoms with Gasteiger partial charge in [0, 0.05) is 12.4 Å². The second kappa shape index (κ2) is 7.53. The third-order valence-corrected chi connectivity index (χ3v) is 3.73. The Hall–Kier alpha value is -3.28. The van der Waals surface area contributed by atoms with Gasteiger partial charge in [-0.15, -0.1) is 0 Å². The maximum absolute atomic E-state index is 5.67. The summed E-state index contributed by atoms with van der Waals surface area (Å²) < 4.78 is 16.4. The van der Waals surface area contributed by atoms with Crippen molar-refractivity contribution in [3.63, 3.8) is 0 Å². The van der Waals surface area contributed by atoms with E-state index in [4.69, 9.17) is 14.2 Å². The molecular weight excluding hydrogens is 318 g/mol. The van der Waals surface area contributed by atoms with Crippen LogP contribution in [0.3, 0.4) is 0 Å². The van der Waals surface area contributed by atoms with E-state index in [1.54, 1.807) is 39.8 Å². The van der Waals surface area contributed by atoms with Crippen molar-refractivity contribution in [2.75, 3.05) is 26.6 Å². The van der Waals surface area contributed by atoms with Gasteiger partial charge in [0.1, 0.15) is 11.5 Å². The molecule has 0 aliphatic heterocycles. The monoisotopic (exact) mass is 337 g/mol. The Morgan fingerprint density at radius 3 is 2.12 bits per heavy atom. The van der Waals surface area contributed by atoms with Crippen molar-refractivity contribution in [1.29, 1.82) is 0 Å². The van der Waals surface area contributed by atoms with Crippen LogP contribution in [-0.2, 0) is 0 Å². The fourth-order valence-corrected chi connectivity index (χ4v) is 2.56. The highest BCUT2D eigenvalue weighted by atomic mass is 16.5. The molecule has 1 N–H and O–H groups in total. The summed E-state index contributed by atoms with van der Waals surface area (Å²) in [6.07, 6.45) is 3.35. The molecule has 128 valence electrons. The van der Waals surface area contributed by atoms with Crippen LogP contribution in [0.1, 0.15) is 0 Å². The van der Waals surface area contributed by atoms with Crippen LogP contribution < -0.4 is 19.5 Å². The highest BCUT2D eigenvalue weighted by Gasteiger charge is 2.17. The lowest BCUT2D eigenvalue weighted by Gasteiger charge is -2.18. The van der Waals surface area contributed by atoms with Crippen molar-refractivity contribution in [2.24, 2.45) is 0 Å². The van der Waals surface area contributed by atoms with Gasteiger partial charge in [-0.3, -0.25) is 0 Å². The van der Waals surface area contributed by atoms with E-state index in [1.165, 1.54) is 0 Å². The minimum Gasteiger partial charge on any atom is -0.497 e. The number of benzene rings is 2. The van der Waals surface area contributed by atoms with Crippen molar-refractivity contribution in [3.8, 4) is 28.4 Å². The standard InChI is InChI=1S/C19H19N3O3/c1-23-14-7-5-13(6-8-14)17-16(24-2)10-9-15(18(17)25-3)22-19-20-11-4-12-21-19/h4-12H,1-3H3,(H,20,21,22). The Morgan fingerprint density at radius 2 is 1.52 bits per heavy atom. The molecule has 1 heterocycles. The van der Waals surface area contributed by atoms with Gasteiger partial charge in [0.05, 0.1) is 32.6 Å². The highest BCUT2D eigenvalue weighted by molar-refractivity contribution is 5.84. The van der Waals surface area contributed by atoms with Gasteiger partial charge in [0.15, 0.2) is 5.75 Å². The van der Waals surface area contributed by atoms with E-state index in [-0.39, 0.29) is 0 Å². The fraction of sp³-hybridized carbons (Fsp3) is 0.158. The first-order valence-corrected chi connectivity index (χ1v) is 7.70. The summed E-state index contributed by atoms with van der Waals surface area (Å²) in [6.45, 7) is 0. The summed E-state index contributed by atoms with van der Waals surface area (Å²) in [5.74, 6) is 2.64. The molecule has 3 rings (SSSR count). The van der Waals surface area contributed by atoms with E-state index in [0.29, 0.717) is 17.4 Å². The Labute approximate surface area is 146 Å². The Morgan fingerprint density at radius 1 is 0.800 bits per heavy atom. The van der Waals surface area contributed by atoms with Crippen LogP contribution in [0.15, 0.2) is 54.9 Å². The van der Waals surface area contributed by atoms with E-state index < -0.39 is 0 Å². The molecule has 0 spiro atoms. The molecule has 6 heteroatoms. The molecule has 0 bridgehead atoms. The van der Waals surface area contributed by atoms with Crippen LogP contribution in [0.25, 0.3) is 11.1 Å². The van der Waals surface area contributed by atoms with Gasteiger partial charge in [-0.2, -0.15) is 0 Å². The lowest BCUT2D eigenvalue weighted by atomic mass is 10.0. The number of methoxy groups -OCH3 is 3. The summed E-state index contributed by atoms with van der Waals surface area (Å²) in [7, 11) is 4.90. The maximum atomic E-state index is 5.67. The SMILES string of the molecule is COc1ccc(-c2c(OC)ccc(Nc3ncccn3)c2OC)cc1. The third kappa shape index (κ3) is 3.47. The molecule has 3 aromatic rings. The number of hydrogen-bond donors (Lipinski definition) is 1. The van der Waals surface area contributed by atoms with Gasteiger partial charge >= 0.3 is 0 Å². The second-order valence-electron chi connectivity index (χ2n) is 5.15. The molecule has 6 nitrogen and oxygen atoms in total. The number of anilines is 2. The molecule has 0 saturated heterocycles. The molecule has 0 aliphatic rings. The second-order valence-corrected chi connectivity index (χ2v) is 5.15. The van der Waals surface area contributed by atoms with Gasteiger partial charge in [0.25, 0.3) is 0 Å². The van der Waals surface area contributed by atoms with E-state index in [9.17, 15) is 0 Å². The molecule has 1 aromatic heterocycles. The number of aromatic nitrogens is 2.